The van der Waals surface area contributed by atoms with Crippen LogP contribution in [0.3, 0.4) is 0 Å². The molecule has 0 saturated heterocycles. The van der Waals surface area contributed by atoms with E-state index >= 15 is 0 Å². The summed E-state index contributed by atoms with van der Waals surface area (Å²) in [5.74, 6) is 1.14. The minimum atomic E-state index is 0.0240. The van der Waals surface area contributed by atoms with E-state index in [1.807, 2.05) is 42.5 Å². The SMILES string of the molecule is CC(c1ccccc1Cl)n1c(CCl)nc2ccc(Cl)cc21. The largest absolute Gasteiger partial charge is 0.320 e. The van der Waals surface area contributed by atoms with Gasteiger partial charge in [0.1, 0.15) is 5.82 Å². The summed E-state index contributed by atoms with van der Waals surface area (Å²) < 4.78 is 2.09. The molecule has 0 aliphatic rings. The zero-order valence-electron chi connectivity index (χ0n) is 11.4. The van der Waals surface area contributed by atoms with Gasteiger partial charge >= 0.3 is 0 Å². The van der Waals surface area contributed by atoms with E-state index in [2.05, 4.69) is 16.5 Å². The van der Waals surface area contributed by atoms with Gasteiger partial charge in [-0.3, -0.25) is 0 Å². The van der Waals surface area contributed by atoms with Gasteiger partial charge in [-0.15, -0.1) is 11.6 Å². The van der Waals surface area contributed by atoms with Crippen LogP contribution in [0, 0.1) is 0 Å². The summed E-state index contributed by atoms with van der Waals surface area (Å²) >= 11 is 18.5. The maximum absolute atomic E-state index is 6.32. The van der Waals surface area contributed by atoms with Crippen LogP contribution >= 0.6 is 34.8 Å². The molecule has 1 atom stereocenters. The van der Waals surface area contributed by atoms with Crippen LogP contribution in [0.5, 0.6) is 0 Å². The molecule has 2 nitrogen and oxygen atoms in total. The number of nitrogens with zero attached hydrogens (tertiary/aromatic N) is 2. The molecule has 0 amide bonds. The Morgan fingerprint density at radius 2 is 1.90 bits per heavy atom. The molecule has 0 bridgehead atoms. The fourth-order valence-electron chi connectivity index (χ4n) is 2.60. The Hall–Kier alpha value is -1.22. The van der Waals surface area contributed by atoms with Crippen molar-refractivity contribution >= 4 is 45.8 Å². The summed E-state index contributed by atoms with van der Waals surface area (Å²) in [6.07, 6.45) is 0. The number of hydrogen-bond donors (Lipinski definition) is 0. The quantitative estimate of drug-likeness (QED) is 0.560. The smallest absolute Gasteiger partial charge is 0.125 e. The van der Waals surface area contributed by atoms with Gasteiger partial charge in [0, 0.05) is 10.0 Å². The Kier molecular flexibility index (Phi) is 4.12. The van der Waals surface area contributed by atoms with E-state index in [0.29, 0.717) is 10.9 Å². The number of imidazole rings is 1. The number of rotatable bonds is 3. The van der Waals surface area contributed by atoms with Crippen molar-refractivity contribution in [1.29, 1.82) is 0 Å². The van der Waals surface area contributed by atoms with Gasteiger partial charge in [0.25, 0.3) is 0 Å². The molecule has 2 aromatic carbocycles. The minimum Gasteiger partial charge on any atom is -0.320 e. The summed E-state index contributed by atoms with van der Waals surface area (Å²) in [5.41, 5.74) is 2.88. The third kappa shape index (κ3) is 2.64. The van der Waals surface area contributed by atoms with Crippen molar-refractivity contribution in [3.8, 4) is 0 Å². The van der Waals surface area contributed by atoms with E-state index in [4.69, 9.17) is 34.8 Å². The minimum absolute atomic E-state index is 0.0240. The summed E-state index contributed by atoms with van der Waals surface area (Å²) in [4.78, 5) is 4.58. The first-order valence-electron chi connectivity index (χ1n) is 6.58. The third-order valence-electron chi connectivity index (χ3n) is 3.59. The van der Waals surface area contributed by atoms with Crippen molar-refractivity contribution < 1.29 is 0 Å². The second-order valence-electron chi connectivity index (χ2n) is 4.86. The summed E-state index contributed by atoms with van der Waals surface area (Å²) in [5, 5.41) is 1.41. The van der Waals surface area contributed by atoms with Gasteiger partial charge < -0.3 is 4.57 Å². The lowest BCUT2D eigenvalue weighted by Gasteiger charge is -2.18. The molecule has 3 aromatic rings. The lowest BCUT2D eigenvalue weighted by atomic mass is 10.1. The van der Waals surface area contributed by atoms with Crippen LogP contribution in [0.4, 0.5) is 0 Å². The topological polar surface area (TPSA) is 17.8 Å². The third-order valence-corrected chi connectivity index (χ3v) is 4.41. The first-order chi connectivity index (χ1) is 10.1. The maximum atomic E-state index is 6.32. The average molecular weight is 340 g/mol. The number of benzene rings is 2. The first-order valence-corrected chi connectivity index (χ1v) is 7.87. The van der Waals surface area contributed by atoms with Crippen LogP contribution < -0.4 is 0 Å². The van der Waals surface area contributed by atoms with Crippen molar-refractivity contribution in [1.82, 2.24) is 9.55 Å². The van der Waals surface area contributed by atoms with Crippen LogP contribution in [0.1, 0.15) is 24.4 Å². The molecule has 21 heavy (non-hydrogen) atoms. The second-order valence-corrected chi connectivity index (χ2v) is 5.97. The van der Waals surface area contributed by atoms with Crippen LogP contribution in [0.2, 0.25) is 10.0 Å². The Morgan fingerprint density at radius 1 is 1.14 bits per heavy atom. The zero-order chi connectivity index (χ0) is 15.0. The van der Waals surface area contributed by atoms with E-state index in [1.165, 1.54) is 0 Å². The number of hydrogen-bond acceptors (Lipinski definition) is 1. The standard InChI is InChI=1S/C16H13Cl3N2/c1-10(12-4-2-3-5-13(12)19)21-15-8-11(18)6-7-14(15)20-16(21)9-17/h2-8,10H,9H2,1H3. The predicted molar refractivity (Wildman–Crippen MR) is 89.6 cm³/mol. The monoisotopic (exact) mass is 338 g/mol. The maximum Gasteiger partial charge on any atom is 0.125 e. The molecule has 3 rings (SSSR count). The average Bonchev–Trinajstić information content (AvgIpc) is 2.84. The van der Waals surface area contributed by atoms with Crippen molar-refractivity contribution in [2.75, 3.05) is 0 Å². The van der Waals surface area contributed by atoms with Crippen molar-refractivity contribution in [2.24, 2.45) is 0 Å². The molecule has 108 valence electrons. The van der Waals surface area contributed by atoms with E-state index in [1.54, 1.807) is 0 Å². The van der Waals surface area contributed by atoms with Gasteiger partial charge in [-0.1, -0.05) is 41.4 Å². The van der Waals surface area contributed by atoms with Crippen molar-refractivity contribution in [3.63, 3.8) is 0 Å². The van der Waals surface area contributed by atoms with Crippen molar-refractivity contribution in [3.05, 3.63) is 63.9 Å². The highest BCUT2D eigenvalue weighted by Gasteiger charge is 2.18. The molecule has 0 aliphatic heterocycles. The molecule has 1 heterocycles. The van der Waals surface area contributed by atoms with Crippen LogP contribution in [0.25, 0.3) is 11.0 Å². The Bertz CT molecular complexity index is 795. The summed E-state index contributed by atoms with van der Waals surface area (Å²) in [7, 11) is 0. The fourth-order valence-corrected chi connectivity index (χ4v) is 3.24. The number of halogens is 3. The highest BCUT2D eigenvalue weighted by molar-refractivity contribution is 6.31. The van der Waals surface area contributed by atoms with Gasteiger partial charge in [0.15, 0.2) is 0 Å². The molecule has 1 aromatic heterocycles. The molecule has 1 unspecified atom stereocenters. The van der Waals surface area contributed by atoms with Gasteiger partial charge in [-0.25, -0.2) is 4.98 Å². The second kappa shape index (κ2) is 5.88. The van der Waals surface area contributed by atoms with E-state index in [-0.39, 0.29) is 6.04 Å². The number of fused-ring (bicyclic) bond motifs is 1. The van der Waals surface area contributed by atoms with Gasteiger partial charge in [0.05, 0.1) is 23.0 Å². The van der Waals surface area contributed by atoms with E-state index in [9.17, 15) is 0 Å². The van der Waals surface area contributed by atoms with Crippen LogP contribution in [-0.4, -0.2) is 9.55 Å². The Morgan fingerprint density at radius 3 is 2.62 bits per heavy atom. The molecule has 0 fully saturated rings. The van der Waals surface area contributed by atoms with Crippen molar-refractivity contribution in [2.45, 2.75) is 18.8 Å². The number of aromatic nitrogens is 2. The molecular formula is C16H13Cl3N2. The fraction of sp³-hybridized carbons (Fsp3) is 0.188. The predicted octanol–water partition coefficient (Wildman–Crippen LogP) is 5.69. The van der Waals surface area contributed by atoms with E-state index in [0.717, 1.165) is 27.4 Å². The normalized spacial score (nSPS) is 12.8. The van der Waals surface area contributed by atoms with Gasteiger partial charge in [-0.05, 0) is 36.8 Å². The lowest BCUT2D eigenvalue weighted by Crippen LogP contribution is -2.10. The Labute approximate surface area is 138 Å². The molecular weight excluding hydrogens is 327 g/mol. The Balaban J connectivity index is 2.23. The van der Waals surface area contributed by atoms with E-state index < -0.39 is 0 Å². The highest BCUT2D eigenvalue weighted by atomic mass is 35.5. The first kappa shape index (κ1) is 14.7. The van der Waals surface area contributed by atoms with Crippen LogP contribution in [-0.2, 0) is 5.88 Å². The number of alkyl halides is 1. The zero-order valence-corrected chi connectivity index (χ0v) is 13.6. The molecule has 0 aliphatic carbocycles. The van der Waals surface area contributed by atoms with Crippen LogP contribution in [0.15, 0.2) is 42.5 Å². The molecule has 0 saturated carbocycles. The summed E-state index contributed by atoms with van der Waals surface area (Å²) in [6, 6.07) is 13.5. The lowest BCUT2D eigenvalue weighted by molar-refractivity contribution is 0.634. The van der Waals surface area contributed by atoms with Gasteiger partial charge in [-0.2, -0.15) is 0 Å². The molecule has 0 radical (unpaired) electrons. The summed E-state index contributed by atoms with van der Waals surface area (Å²) in [6.45, 7) is 2.08. The highest BCUT2D eigenvalue weighted by Crippen LogP contribution is 2.31. The van der Waals surface area contributed by atoms with Gasteiger partial charge in [0.2, 0.25) is 0 Å². The molecule has 0 spiro atoms. The molecule has 0 N–H and O–H groups in total. The molecule has 5 heteroatoms.